The summed E-state index contributed by atoms with van der Waals surface area (Å²) in [5.41, 5.74) is 0.119. The summed E-state index contributed by atoms with van der Waals surface area (Å²) in [5, 5.41) is 0.442. The van der Waals surface area contributed by atoms with E-state index in [1.165, 1.54) is 0 Å². The lowest BCUT2D eigenvalue weighted by Crippen LogP contribution is -2.04. The van der Waals surface area contributed by atoms with E-state index < -0.39 is 11.4 Å². The molecule has 1 aromatic carbocycles. The third-order valence-corrected chi connectivity index (χ3v) is 1.70. The van der Waals surface area contributed by atoms with Crippen LogP contribution in [0.3, 0.4) is 0 Å². The number of aromatic amines is 1. The van der Waals surface area contributed by atoms with Crippen LogP contribution in [0.5, 0.6) is 0 Å². The van der Waals surface area contributed by atoms with Crippen molar-refractivity contribution in [2.75, 3.05) is 0 Å². The van der Waals surface area contributed by atoms with Crippen LogP contribution < -0.4 is 5.56 Å². The van der Waals surface area contributed by atoms with Gasteiger partial charge in [-0.05, 0) is 12.1 Å². The van der Waals surface area contributed by atoms with E-state index in [0.29, 0.717) is 10.9 Å². The molecule has 60 valence electrons. The summed E-state index contributed by atoms with van der Waals surface area (Å²) in [6, 6.07) is 7.71. The molecule has 0 radical (unpaired) electrons. The number of halogens is 1. The highest BCUT2D eigenvalue weighted by atomic mass is 19.1. The maximum absolute atomic E-state index is 13.0. The van der Waals surface area contributed by atoms with Crippen molar-refractivity contribution in [1.29, 1.82) is 0 Å². The fourth-order valence-electron chi connectivity index (χ4n) is 1.16. The molecule has 2 nitrogen and oxygen atoms in total. The van der Waals surface area contributed by atoms with Crippen LogP contribution in [0, 0.1) is 5.82 Å². The molecule has 0 atom stereocenters. The van der Waals surface area contributed by atoms with Gasteiger partial charge < -0.3 is 4.98 Å². The summed E-state index contributed by atoms with van der Waals surface area (Å²) in [7, 11) is 0. The Morgan fingerprint density at radius 1 is 1.25 bits per heavy atom. The van der Waals surface area contributed by atoms with Gasteiger partial charge in [-0.25, -0.2) is 4.39 Å². The van der Waals surface area contributed by atoms with Gasteiger partial charge in [-0.3, -0.25) is 4.79 Å². The molecule has 0 fully saturated rings. The van der Waals surface area contributed by atoms with Crippen molar-refractivity contribution < 1.29 is 4.39 Å². The number of benzene rings is 1. The van der Waals surface area contributed by atoms with Crippen molar-refractivity contribution in [3.63, 3.8) is 0 Å². The highest BCUT2D eigenvalue weighted by Gasteiger charge is 1.99. The minimum absolute atomic E-state index is 0.411. The number of pyridine rings is 1. The first kappa shape index (κ1) is 7.03. The Bertz CT molecular complexity index is 475. The second-order valence-corrected chi connectivity index (χ2v) is 2.53. The average molecular weight is 163 g/mol. The van der Waals surface area contributed by atoms with Crippen molar-refractivity contribution in [3.8, 4) is 0 Å². The lowest BCUT2D eigenvalue weighted by Gasteiger charge is -1.96. The maximum atomic E-state index is 13.0. The second-order valence-electron chi connectivity index (χ2n) is 2.53. The number of aromatic nitrogens is 1. The third kappa shape index (κ3) is 0.993. The highest BCUT2D eigenvalue weighted by molar-refractivity contribution is 5.78. The molecule has 1 N–H and O–H groups in total. The average Bonchev–Trinajstić information content (AvgIpc) is 2.04. The Labute approximate surface area is 67.7 Å². The zero-order valence-corrected chi connectivity index (χ0v) is 6.17. The molecule has 0 spiro atoms. The lowest BCUT2D eigenvalue weighted by molar-refractivity contribution is 0.637. The number of fused-ring (bicyclic) bond motifs is 1. The lowest BCUT2D eigenvalue weighted by atomic mass is 10.2. The molecule has 0 bridgehead atoms. The first-order valence-electron chi connectivity index (χ1n) is 3.55. The predicted molar refractivity (Wildman–Crippen MR) is 44.5 cm³/mol. The smallest absolute Gasteiger partial charge is 0.251 e. The standard InChI is InChI=1S/C9H6FNO/c10-7-5-9(12)11-8-4-2-1-3-6(7)8/h1-5H,(H,11,12). The summed E-state index contributed by atoms with van der Waals surface area (Å²) in [5.74, 6) is -0.477. The van der Waals surface area contributed by atoms with E-state index in [4.69, 9.17) is 0 Å². The van der Waals surface area contributed by atoms with Crippen molar-refractivity contribution in [2.24, 2.45) is 0 Å². The number of para-hydroxylation sites is 1. The molecule has 0 saturated heterocycles. The Balaban J connectivity index is 2.99. The van der Waals surface area contributed by atoms with Gasteiger partial charge in [0.15, 0.2) is 0 Å². The monoisotopic (exact) mass is 163 g/mol. The van der Waals surface area contributed by atoms with Gasteiger partial charge >= 0.3 is 0 Å². The van der Waals surface area contributed by atoms with E-state index in [9.17, 15) is 9.18 Å². The van der Waals surface area contributed by atoms with Gasteiger partial charge in [-0.1, -0.05) is 12.1 Å². The summed E-state index contributed by atoms with van der Waals surface area (Å²) in [6.45, 7) is 0. The molecule has 2 aromatic rings. The molecule has 12 heavy (non-hydrogen) atoms. The van der Waals surface area contributed by atoms with Gasteiger partial charge in [-0.15, -0.1) is 0 Å². The molecular weight excluding hydrogens is 157 g/mol. The third-order valence-electron chi connectivity index (χ3n) is 1.70. The van der Waals surface area contributed by atoms with Crippen molar-refractivity contribution in [1.82, 2.24) is 4.98 Å². The van der Waals surface area contributed by atoms with Crippen LogP contribution in [0.25, 0.3) is 10.9 Å². The van der Waals surface area contributed by atoms with E-state index in [1.54, 1.807) is 24.3 Å². The van der Waals surface area contributed by atoms with E-state index >= 15 is 0 Å². The highest BCUT2D eigenvalue weighted by Crippen LogP contribution is 2.11. The number of nitrogens with one attached hydrogen (secondary N) is 1. The molecule has 0 aliphatic carbocycles. The Kier molecular flexibility index (Phi) is 1.43. The molecule has 1 heterocycles. The van der Waals surface area contributed by atoms with E-state index in [2.05, 4.69) is 4.98 Å². The van der Waals surface area contributed by atoms with Crippen LogP contribution in [-0.4, -0.2) is 4.98 Å². The minimum Gasteiger partial charge on any atom is -0.322 e. The second kappa shape index (κ2) is 2.44. The van der Waals surface area contributed by atoms with Crippen LogP contribution in [0.15, 0.2) is 35.1 Å². The topological polar surface area (TPSA) is 32.9 Å². The number of H-pyrrole nitrogens is 1. The molecule has 0 aliphatic heterocycles. The molecule has 3 heteroatoms. The van der Waals surface area contributed by atoms with Gasteiger partial charge in [0, 0.05) is 11.5 Å². The van der Waals surface area contributed by atoms with Gasteiger partial charge in [-0.2, -0.15) is 0 Å². The number of hydrogen-bond donors (Lipinski definition) is 1. The fourth-order valence-corrected chi connectivity index (χ4v) is 1.16. The Hall–Kier alpha value is -1.64. The SMILES string of the molecule is O=c1cc(F)c2ccccc2[nH]1. The first-order valence-corrected chi connectivity index (χ1v) is 3.55. The van der Waals surface area contributed by atoms with Gasteiger partial charge in [0.05, 0.1) is 5.52 Å². The van der Waals surface area contributed by atoms with E-state index in [0.717, 1.165) is 6.07 Å². The van der Waals surface area contributed by atoms with Crippen LogP contribution >= 0.6 is 0 Å². The van der Waals surface area contributed by atoms with Gasteiger partial charge in [0.25, 0.3) is 5.56 Å². The number of rotatable bonds is 0. The minimum atomic E-state index is -0.477. The zero-order valence-electron chi connectivity index (χ0n) is 6.17. The zero-order chi connectivity index (χ0) is 8.55. The molecule has 0 unspecified atom stereocenters. The molecule has 0 saturated carbocycles. The molecule has 2 rings (SSSR count). The van der Waals surface area contributed by atoms with Crippen molar-refractivity contribution in [3.05, 3.63) is 46.5 Å². The number of hydrogen-bond acceptors (Lipinski definition) is 1. The van der Waals surface area contributed by atoms with Crippen LogP contribution in [0.2, 0.25) is 0 Å². The van der Waals surface area contributed by atoms with Crippen molar-refractivity contribution >= 4 is 10.9 Å². The normalized spacial score (nSPS) is 10.4. The molecule has 0 amide bonds. The van der Waals surface area contributed by atoms with Crippen LogP contribution in [-0.2, 0) is 0 Å². The van der Waals surface area contributed by atoms with Crippen LogP contribution in [0.4, 0.5) is 4.39 Å². The maximum Gasteiger partial charge on any atom is 0.251 e. The summed E-state index contributed by atoms with van der Waals surface area (Å²) in [6.07, 6.45) is 0. The molecule has 0 aliphatic rings. The van der Waals surface area contributed by atoms with Gasteiger partial charge in [0.2, 0.25) is 0 Å². The summed E-state index contributed by atoms with van der Waals surface area (Å²) < 4.78 is 13.0. The molecule has 1 aromatic heterocycles. The quantitative estimate of drug-likeness (QED) is 0.629. The largest absolute Gasteiger partial charge is 0.322 e. The Morgan fingerprint density at radius 3 is 2.83 bits per heavy atom. The summed E-state index contributed by atoms with van der Waals surface area (Å²) >= 11 is 0. The van der Waals surface area contributed by atoms with Crippen molar-refractivity contribution in [2.45, 2.75) is 0 Å². The first-order chi connectivity index (χ1) is 5.77. The van der Waals surface area contributed by atoms with E-state index in [-0.39, 0.29) is 0 Å². The molecular formula is C9H6FNO. The van der Waals surface area contributed by atoms with Gasteiger partial charge in [0.1, 0.15) is 5.82 Å². The van der Waals surface area contributed by atoms with Crippen LogP contribution in [0.1, 0.15) is 0 Å². The fraction of sp³-hybridized carbons (Fsp3) is 0. The van der Waals surface area contributed by atoms with E-state index in [1.807, 2.05) is 0 Å². The summed E-state index contributed by atoms with van der Waals surface area (Å²) in [4.78, 5) is 13.3. The predicted octanol–water partition coefficient (Wildman–Crippen LogP) is 1.67. The Morgan fingerprint density at radius 2 is 2.00 bits per heavy atom.